The number of carbonyl (C=O) groups is 1. The molecule has 1 aromatic carbocycles. The van der Waals surface area contributed by atoms with E-state index in [1.165, 1.54) is 14.2 Å². The van der Waals surface area contributed by atoms with Gasteiger partial charge in [0.1, 0.15) is 0 Å². The lowest BCUT2D eigenvalue weighted by Gasteiger charge is -2.17. The molecule has 6 nitrogen and oxygen atoms in total. The number of nitrogens with zero attached hydrogens (tertiary/aromatic N) is 1. The summed E-state index contributed by atoms with van der Waals surface area (Å²) >= 11 is 0. The molecule has 1 unspecified atom stereocenters. The molecule has 0 aromatic heterocycles. The molecular formula is C14H22N2O4S. The van der Waals surface area contributed by atoms with Gasteiger partial charge in [-0.3, -0.25) is 4.79 Å². The van der Waals surface area contributed by atoms with Crippen LogP contribution in [0.15, 0.2) is 29.2 Å². The molecule has 0 saturated carbocycles. The van der Waals surface area contributed by atoms with E-state index in [9.17, 15) is 13.2 Å². The first-order chi connectivity index (χ1) is 9.82. The van der Waals surface area contributed by atoms with Gasteiger partial charge in [0.25, 0.3) is 0 Å². The van der Waals surface area contributed by atoms with Crippen molar-refractivity contribution in [1.29, 1.82) is 0 Å². The molecule has 7 heteroatoms. The second-order valence-corrected chi connectivity index (χ2v) is 6.78. The van der Waals surface area contributed by atoms with Gasteiger partial charge in [0.15, 0.2) is 0 Å². The van der Waals surface area contributed by atoms with E-state index in [0.29, 0.717) is 0 Å². The van der Waals surface area contributed by atoms with Gasteiger partial charge in [-0.1, -0.05) is 12.1 Å². The summed E-state index contributed by atoms with van der Waals surface area (Å²) in [6.45, 7) is 2.08. The highest BCUT2D eigenvalue weighted by molar-refractivity contribution is 7.89. The number of carbonyl (C=O) groups excluding carboxylic acids is 1. The minimum atomic E-state index is -3.59. The van der Waals surface area contributed by atoms with Crippen molar-refractivity contribution in [2.45, 2.75) is 24.3 Å². The largest absolute Gasteiger partial charge is 0.469 e. The molecule has 0 fully saturated rings. The van der Waals surface area contributed by atoms with Gasteiger partial charge in [-0.25, -0.2) is 12.7 Å². The predicted molar refractivity (Wildman–Crippen MR) is 80.4 cm³/mol. The van der Waals surface area contributed by atoms with Gasteiger partial charge in [0.2, 0.25) is 10.0 Å². The molecule has 0 aliphatic carbocycles. The lowest BCUT2D eigenvalue weighted by Crippen LogP contribution is -2.29. The van der Waals surface area contributed by atoms with Crippen LogP contribution in [0.1, 0.15) is 24.9 Å². The summed E-state index contributed by atoms with van der Waals surface area (Å²) in [5.41, 5.74) is 1.01. The predicted octanol–water partition coefficient (Wildman–Crippen LogP) is 1.15. The van der Waals surface area contributed by atoms with Crippen LogP contribution in [-0.4, -0.2) is 46.4 Å². The monoisotopic (exact) mass is 314 g/mol. The van der Waals surface area contributed by atoms with Crippen molar-refractivity contribution in [2.75, 3.05) is 27.7 Å². The Balaban J connectivity index is 2.84. The van der Waals surface area contributed by atoms with Crippen LogP contribution in [-0.2, 0) is 19.6 Å². The Morgan fingerprint density at radius 1 is 1.33 bits per heavy atom. The molecule has 0 aliphatic heterocycles. The maximum absolute atomic E-state index is 12.3. The van der Waals surface area contributed by atoms with Crippen molar-refractivity contribution in [1.82, 2.24) is 9.62 Å². The summed E-state index contributed by atoms with van der Waals surface area (Å²) in [5, 5.41) is 3.09. The Morgan fingerprint density at radius 2 is 1.90 bits per heavy atom. The van der Waals surface area contributed by atoms with E-state index in [-0.39, 0.29) is 23.9 Å². The van der Waals surface area contributed by atoms with Gasteiger partial charge in [-0.15, -0.1) is 0 Å². The fourth-order valence-corrected chi connectivity index (χ4v) is 2.92. The number of nitrogens with one attached hydrogen (secondary N) is 1. The van der Waals surface area contributed by atoms with Crippen LogP contribution in [0, 0.1) is 0 Å². The number of ether oxygens (including phenoxy) is 1. The quantitative estimate of drug-likeness (QED) is 0.764. The number of methoxy groups -OCH3 is 1. The van der Waals surface area contributed by atoms with E-state index in [4.69, 9.17) is 0 Å². The minimum absolute atomic E-state index is 0.0289. The molecule has 1 rings (SSSR count). The van der Waals surface area contributed by atoms with Crippen molar-refractivity contribution in [3.8, 4) is 0 Å². The lowest BCUT2D eigenvalue weighted by atomic mass is 10.1. The highest BCUT2D eigenvalue weighted by Gasteiger charge is 2.21. The molecule has 0 heterocycles. The Kier molecular flexibility index (Phi) is 6.32. The van der Waals surface area contributed by atoms with E-state index in [2.05, 4.69) is 10.1 Å². The molecule has 0 amide bonds. The second-order valence-electron chi connectivity index (χ2n) is 4.73. The van der Waals surface area contributed by atoms with Crippen molar-refractivity contribution in [2.24, 2.45) is 0 Å². The van der Waals surface area contributed by atoms with Crippen LogP contribution in [0.3, 0.4) is 0 Å². The average Bonchev–Trinajstić information content (AvgIpc) is 2.51. The summed E-state index contributed by atoms with van der Waals surface area (Å²) in [4.78, 5) is 11.3. The first-order valence-corrected chi connectivity index (χ1v) is 8.07. The summed E-state index contributed by atoms with van der Waals surface area (Å²) in [6.07, 6.45) is 0.0289. The molecule has 1 aromatic rings. The zero-order valence-corrected chi connectivity index (χ0v) is 13.6. The summed E-state index contributed by atoms with van der Waals surface area (Å²) in [6, 6.07) is 6.86. The average molecular weight is 314 g/mol. The third-order valence-corrected chi connectivity index (χ3v) is 5.25. The van der Waals surface area contributed by atoms with E-state index in [1.807, 2.05) is 14.0 Å². The second kappa shape index (κ2) is 7.53. The highest BCUT2D eigenvalue weighted by Crippen LogP contribution is 2.18. The van der Waals surface area contributed by atoms with E-state index < -0.39 is 16.0 Å². The molecule has 1 N–H and O–H groups in total. The van der Waals surface area contributed by atoms with Crippen molar-refractivity contribution in [3.05, 3.63) is 29.8 Å². The van der Waals surface area contributed by atoms with Crippen molar-refractivity contribution in [3.63, 3.8) is 0 Å². The summed E-state index contributed by atoms with van der Waals surface area (Å²) < 4.78 is 30.3. The molecule has 0 saturated heterocycles. The Bertz CT molecular complexity index is 569. The smallest absolute Gasteiger partial charge is 0.306 e. The molecule has 0 radical (unpaired) electrons. The molecule has 0 bridgehead atoms. The fraction of sp³-hybridized carbons (Fsp3) is 0.500. The zero-order valence-electron chi connectivity index (χ0n) is 12.8. The first kappa shape index (κ1) is 17.6. The van der Waals surface area contributed by atoms with E-state index in [1.54, 1.807) is 24.3 Å². The van der Waals surface area contributed by atoms with Gasteiger partial charge < -0.3 is 10.1 Å². The first-order valence-electron chi connectivity index (χ1n) is 6.63. The van der Waals surface area contributed by atoms with Crippen LogP contribution < -0.4 is 5.32 Å². The van der Waals surface area contributed by atoms with E-state index >= 15 is 0 Å². The zero-order chi connectivity index (χ0) is 16.0. The Morgan fingerprint density at radius 3 is 2.38 bits per heavy atom. The number of benzene rings is 1. The SMILES string of the molecule is CNC(C)c1ccc(S(=O)(=O)N(C)CCC(=O)OC)cc1. The lowest BCUT2D eigenvalue weighted by molar-refractivity contribution is -0.140. The van der Waals surface area contributed by atoms with Crippen molar-refractivity contribution >= 4 is 16.0 Å². The van der Waals surface area contributed by atoms with Crippen LogP contribution in [0.5, 0.6) is 0 Å². The Labute approximate surface area is 126 Å². The molecular weight excluding hydrogens is 292 g/mol. The fourth-order valence-electron chi connectivity index (χ4n) is 1.75. The molecule has 1 atom stereocenters. The summed E-state index contributed by atoms with van der Waals surface area (Å²) in [7, 11) is 0.979. The molecule has 118 valence electrons. The molecule has 0 aliphatic rings. The number of hydrogen-bond acceptors (Lipinski definition) is 5. The number of esters is 1. The van der Waals surface area contributed by atoms with Gasteiger partial charge in [-0.05, 0) is 31.7 Å². The number of rotatable bonds is 7. The van der Waals surface area contributed by atoms with E-state index in [0.717, 1.165) is 9.87 Å². The topological polar surface area (TPSA) is 75.7 Å². The van der Waals surface area contributed by atoms with Gasteiger partial charge >= 0.3 is 5.97 Å². The van der Waals surface area contributed by atoms with Gasteiger partial charge in [-0.2, -0.15) is 0 Å². The Hall–Kier alpha value is -1.44. The highest BCUT2D eigenvalue weighted by atomic mass is 32.2. The maximum Gasteiger partial charge on any atom is 0.306 e. The third kappa shape index (κ3) is 4.52. The standard InChI is InChI=1S/C14H22N2O4S/c1-11(15-2)12-5-7-13(8-6-12)21(18,19)16(3)10-9-14(17)20-4/h5-8,11,15H,9-10H2,1-4H3. The molecule has 0 spiro atoms. The number of sulfonamides is 1. The van der Waals surface area contributed by atoms with Gasteiger partial charge in [0, 0.05) is 19.6 Å². The normalized spacial score (nSPS) is 13.2. The maximum atomic E-state index is 12.3. The minimum Gasteiger partial charge on any atom is -0.469 e. The van der Waals surface area contributed by atoms with Crippen LogP contribution in [0.25, 0.3) is 0 Å². The van der Waals surface area contributed by atoms with Crippen molar-refractivity contribution < 1.29 is 17.9 Å². The molecule has 21 heavy (non-hydrogen) atoms. The number of hydrogen-bond donors (Lipinski definition) is 1. The van der Waals surface area contributed by atoms with Crippen LogP contribution >= 0.6 is 0 Å². The van der Waals surface area contributed by atoms with Crippen LogP contribution in [0.2, 0.25) is 0 Å². The van der Waals surface area contributed by atoms with Crippen LogP contribution in [0.4, 0.5) is 0 Å². The summed E-state index contributed by atoms with van der Waals surface area (Å²) in [5.74, 6) is -0.435. The van der Waals surface area contributed by atoms with Gasteiger partial charge in [0.05, 0.1) is 18.4 Å². The third-order valence-electron chi connectivity index (χ3n) is 3.38.